The molecular formula is C40H24. The van der Waals surface area contributed by atoms with Crippen LogP contribution in [0.3, 0.4) is 0 Å². The van der Waals surface area contributed by atoms with Crippen molar-refractivity contribution < 1.29 is 0 Å². The van der Waals surface area contributed by atoms with Gasteiger partial charge < -0.3 is 0 Å². The summed E-state index contributed by atoms with van der Waals surface area (Å²) in [6.07, 6.45) is 0. The highest BCUT2D eigenvalue weighted by molar-refractivity contribution is 6.39. The van der Waals surface area contributed by atoms with Crippen LogP contribution in [0.5, 0.6) is 0 Å². The van der Waals surface area contributed by atoms with Crippen molar-refractivity contribution in [3.63, 3.8) is 0 Å². The Hall–Kier alpha value is -5.20. The molecule has 2 aliphatic carbocycles. The van der Waals surface area contributed by atoms with Crippen molar-refractivity contribution in [1.82, 2.24) is 0 Å². The van der Waals surface area contributed by atoms with E-state index in [0.29, 0.717) is 0 Å². The summed E-state index contributed by atoms with van der Waals surface area (Å²) < 4.78 is 0. The van der Waals surface area contributed by atoms with Gasteiger partial charge in [-0.1, -0.05) is 140 Å². The first-order chi connectivity index (χ1) is 19.9. The van der Waals surface area contributed by atoms with Crippen LogP contribution in [0, 0.1) is 0 Å². The lowest BCUT2D eigenvalue weighted by Gasteiger charge is -2.15. The predicted molar refractivity (Wildman–Crippen MR) is 170 cm³/mol. The monoisotopic (exact) mass is 504 g/mol. The second kappa shape index (κ2) is 8.15. The van der Waals surface area contributed by atoms with Crippen LogP contribution in [-0.4, -0.2) is 0 Å². The van der Waals surface area contributed by atoms with Gasteiger partial charge in [-0.25, -0.2) is 0 Å². The Labute approximate surface area is 233 Å². The number of hydrogen-bond donors (Lipinski definition) is 0. The minimum absolute atomic E-state index is 1.27. The fraction of sp³-hybridized carbons (Fsp3) is 0. The van der Waals surface area contributed by atoms with E-state index in [0.717, 1.165) is 0 Å². The average Bonchev–Trinajstić information content (AvgIpc) is 3.54. The van der Waals surface area contributed by atoms with Gasteiger partial charge in [-0.3, -0.25) is 0 Å². The first kappa shape index (κ1) is 21.7. The molecule has 0 heterocycles. The fourth-order valence-corrected chi connectivity index (χ4v) is 7.07. The quantitative estimate of drug-likeness (QED) is 0.220. The molecule has 0 spiro atoms. The summed E-state index contributed by atoms with van der Waals surface area (Å²) in [6, 6.07) is 53.6. The SMILES string of the molecule is c1ccc(C2=C3C(=C(c4ccc5ccccc5c4)c4ccc5ccccc5c43)c3c2ccc2ccccc32)cc1. The smallest absolute Gasteiger partial charge is 0.000116 e. The van der Waals surface area contributed by atoms with Gasteiger partial charge in [-0.15, -0.1) is 0 Å². The van der Waals surface area contributed by atoms with Crippen LogP contribution >= 0.6 is 0 Å². The van der Waals surface area contributed by atoms with Gasteiger partial charge in [0, 0.05) is 0 Å². The Balaban J connectivity index is 1.51. The lowest BCUT2D eigenvalue weighted by Crippen LogP contribution is -1.94. The zero-order valence-corrected chi connectivity index (χ0v) is 21.9. The van der Waals surface area contributed by atoms with E-state index < -0.39 is 0 Å². The Bertz CT molecular complexity index is 2240. The van der Waals surface area contributed by atoms with E-state index in [1.54, 1.807) is 0 Å². The molecule has 7 aromatic rings. The van der Waals surface area contributed by atoms with Crippen LogP contribution in [0.25, 0.3) is 54.6 Å². The highest BCUT2D eigenvalue weighted by Crippen LogP contribution is 2.61. The summed E-state index contributed by atoms with van der Waals surface area (Å²) in [4.78, 5) is 0. The number of fused-ring (bicyclic) bond motifs is 10. The van der Waals surface area contributed by atoms with Crippen LogP contribution < -0.4 is 0 Å². The van der Waals surface area contributed by atoms with E-state index in [1.807, 2.05) is 0 Å². The molecule has 184 valence electrons. The minimum Gasteiger partial charge on any atom is -0.0622 e. The van der Waals surface area contributed by atoms with Gasteiger partial charge >= 0.3 is 0 Å². The molecule has 9 rings (SSSR count). The van der Waals surface area contributed by atoms with Gasteiger partial charge in [-0.2, -0.15) is 0 Å². The van der Waals surface area contributed by atoms with E-state index in [9.17, 15) is 0 Å². The number of allylic oxidation sites excluding steroid dienone is 2. The number of rotatable bonds is 2. The Morgan fingerprint density at radius 2 is 0.750 bits per heavy atom. The summed E-state index contributed by atoms with van der Waals surface area (Å²) in [7, 11) is 0. The normalized spacial score (nSPS) is 13.8. The average molecular weight is 505 g/mol. The zero-order valence-electron chi connectivity index (χ0n) is 21.9. The van der Waals surface area contributed by atoms with Crippen LogP contribution in [0.15, 0.2) is 146 Å². The molecular weight excluding hydrogens is 480 g/mol. The van der Waals surface area contributed by atoms with E-state index in [2.05, 4.69) is 146 Å². The van der Waals surface area contributed by atoms with Gasteiger partial charge in [-0.05, 0) is 94.1 Å². The lowest BCUT2D eigenvalue weighted by atomic mass is 9.88. The molecule has 0 N–H and O–H groups in total. The van der Waals surface area contributed by atoms with Crippen LogP contribution in [0.2, 0.25) is 0 Å². The van der Waals surface area contributed by atoms with Crippen LogP contribution in [0.1, 0.15) is 33.4 Å². The van der Waals surface area contributed by atoms with Crippen molar-refractivity contribution in [2.75, 3.05) is 0 Å². The van der Waals surface area contributed by atoms with Crippen molar-refractivity contribution >= 4 is 54.6 Å². The van der Waals surface area contributed by atoms with Crippen molar-refractivity contribution in [3.05, 3.63) is 179 Å². The molecule has 7 aromatic carbocycles. The molecule has 2 aliphatic rings. The van der Waals surface area contributed by atoms with Crippen molar-refractivity contribution in [2.45, 2.75) is 0 Å². The maximum absolute atomic E-state index is 2.38. The molecule has 0 saturated heterocycles. The van der Waals surface area contributed by atoms with Gasteiger partial charge in [0.15, 0.2) is 0 Å². The van der Waals surface area contributed by atoms with E-state index in [4.69, 9.17) is 0 Å². The Kier molecular flexibility index (Phi) is 4.42. The van der Waals surface area contributed by atoms with E-state index in [1.165, 1.54) is 88.0 Å². The third-order valence-corrected chi connectivity index (χ3v) is 8.75. The van der Waals surface area contributed by atoms with Crippen LogP contribution in [-0.2, 0) is 0 Å². The molecule has 0 amide bonds. The molecule has 0 saturated carbocycles. The fourth-order valence-electron chi connectivity index (χ4n) is 7.07. The third kappa shape index (κ3) is 2.91. The summed E-state index contributed by atoms with van der Waals surface area (Å²) in [5.41, 5.74) is 13.3. The first-order valence-electron chi connectivity index (χ1n) is 14.0. The maximum atomic E-state index is 2.38. The summed E-state index contributed by atoms with van der Waals surface area (Å²) in [5, 5.41) is 7.73. The second-order valence-corrected chi connectivity index (χ2v) is 10.8. The molecule has 0 aliphatic heterocycles. The van der Waals surface area contributed by atoms with Gasteiger partial charge in [0.05, 0.1) is 0 Å². The van der Waals surface area contributed by atoms with E-state index >= 15 is 0 Å². The predicted octanol–water partition coefficient (Wildman–Crippen LogP) is 10.4. The molecule has 0 bridgehead atoms. The molecule has 0 aromatic heterocycles. The largest absolute Gasteiger partial charge is 0.0622 e. The molecule has 0 radical (unpaired) electrons. The summed E-state index contributed by atoms with van der Waals surface area (Å²) >= 11 is 0. The molecule has 0 fully saturated rings. The van der Waals surface area contributed by atoms with Crippen molar-refractivity contribution in [3.8, 4) is 0 Å². The molecule has 40 heavy (non-hydrogen) atoms. The second-order valence-electron chi connectivity index (χ2n) is 10.8. The van der Waals surface area contributed by atoms with Gasteiger partial charge in [0.25, 0.3) is 0 Å². The Morgan fingerprint density at radius 3 is 1.38 bits per heavy atom. The summed E-state index contributed by atoms with van der Waals surface area (Å²) in [5.74, 6) is 0. The Morgan fingerprint density at radius 1 is 0.275 bits per heavy atom. The molecule has 0 atom stereocenters. The van der Waals surface area contributed by atoms with Crippen molar-refractivity contribution in [1.29, 1.82) is 0 Å². The zero-order chi connectivity index (χ0) is 26.2. The number of hydrogen-bond acceptors (Lipinski definition) is 0. The number of benzene rings is 7. The molecule has 0 nitrogen and oxygen atoms in total. The van der Waals surface area contributed by atoms with Crippen LogP contribution in [0.4, 0.5) is 0 Å². The van der Waals surface area contributed by atoms with Gasteiger partial charge in [0.1, 0.15) is 0 Å². The first-order valence-corrected chi connectivity index (χ1v) is 14.0. The maximum Gasteiger partial charge on any atom is -0.000116 e. The summed E-state index contributed by atoms with van der Waals surface area (Å²) in [6.45, 7) is 0. The van der Waals surface area contributed by atoms with Gasteiger partial charge in [0.2, 0.25) is 0 Å². The van der Waals surface area contributed by atoms with E-state index in [-0.39, 0.29) is 0 Å². The highest BCUT2D eigenvalue weighted by atomic mass is 14.4. The molecule has 0 heteroatoms. The highest BCUT2D eigenvalue weighted by Gasteiger charge is 2.39. The topological polar surface area (TPSA) is 0 Å². The minimum atomic E-state index is 1.27. The van der Waals surface area contributed by atoms with Crippen molar-refractivity contribution in [2.24, 2.45) is 0 Å². The standard InChI is InChI=1S/C40H24/c1-2-13-28(14-3-1)35-33-22-20-26-11-6-8-16-31(26)37(33)40-36(30-19-18-25-10-4-5-15-29(25)24-30)34-23-21-27-12-7-9-17-32(27)38(34)39(35)40/h1-24H. The third-order valence-electron chi connectivity index (χ3n) is 8.75. The molecule has 0 unspecified atom stereocenters. The lowest BCUT2D eigenvalue weighted by molar-refractivity contribution is 1.56.